The number of nitrogens with zero attached hydrogens (tertiary/aromatic N) is 2. The number of pyridine rings is 1. The molecule has 1 aromatic carbocycles. The molecule has 0 aliphatic heterocycles. The van der Waals surface area contributed by atoms with Crippen molar-refractivity contribution in [1.82, 2.24) is 9.88 Å². The van der Waals surface area contributed by atoms with Crippen LogP contribution >= 0.6 is 0 Å². The van der Waals surface area contributed by atoms with Gasteiger partial charge in [0, 0.05) is 25.4 Å². The molecule has 0 aliphatic rings. The van der Waals surface area contributed by atoms with Gasteiger partial charge in [-0.3, -0.25) is 9.78 Å². The average Bonchev–Trinajstić information content (AvgIpc) is 2.48. The molecule has 0 saturated heterocycles. The first-order chi connectivity index (χ1) is 9.70. The van der Waals surface area contributed by atoms with Crippen LogP contribution < -0.4 is 4.74 Å². The van der Waals surface area contributed by atoms with E-state index in [0.29, 0.717) is 23.6 Å². The third-order valence-corrected chi connectivity index (χ3v) is 2.75. The summed E-state index contributed by atoms with van der Waals surface area (Å²) in [5.74, 6) is 1.15. The summed E-state index contributed by atoms with van der Waals surface area (Å²) < 4.78 is 5.59. The highest BCUT2D eigenvalue weighted by molar-refractivity contribution is 5.94. The maximum absolute atomic E-state index is 12.0. The van der Waals surface area contributed by atoms with Gasteiger partial charge < -0.3 is 14.7 Å². The van der Waals surface area contributed by atoms with Gasteiger partial charge in [-0.2, -0.15) is 0 Å². The monoisotopic (exact) mass is 272 g/mol. The average molecular weight is 272 g/mol. The lowest BCUT2D eigenvalue weighted by Crippen LogP contribution is -2.29. The van der Waals surface area contributed by atoms with Gasteiger partial charge in [0.2, 0.25) is 0 Å². The van der Waals surface area contributed by atoms with Crippen molar-refractivity contribution in [3.63, 3.8) is 0 Å². The van der Waals surface area contributed by atoms with E-state index in [-0.39, 0.29) is 12.5 Å². The zero-order valence-electron chi connectivity index (χ0n) is 11.2. The van der Waals surface area contributed by atoms with E-state index < -0.39 is 0 Å². The highest BCUT2D eigenvalue weighted by atomic mass is 16.5. The Morgan fingerprint density at radius 3 is 2.60 bits per heavy atom. The molecule has 1 amide bonds. The SMILES string of the molecule is CN(CCO)C(=O)c1ccc(Oc2cccnc2)cc1. The second-order valence-electron chi connectivity index (χ2n) is 4.27. The highest BCUT2D eigenvalue weighted by Gasteiger charge is 2.10. The molecule has 1 N–H and O–H groups in total. The van der Waals surface area contributed by atoms with Gasteiger partial charge in [-0.25, -0.2) is 0 Å². The van der Waals surface area contributed by atoms with Crippen LogP contribution in [0.1, 0.15) is 10.4 Å². The standard InChI is InChI=1S/C15H16N2O3/c1-17(9-10-18)15(19)12-4-6-13(7-5-12)20-14-3-2-8-16-11-14/h2-8,11,18H,9-10H2,1H3. The van der Waals surface area contributed by atoms with Gasteiger partial charge in [0.25, 0.3) is 5.91 Å². The van der Waals surface area contributed by atoms with Gasteiger partial charge in [-0.05, 0) is 36.4 Å². The number of ether oxygens (including phenoxy) is 1. The number of amides is 1. The minimum absolute atomic E-state index is 0.0511. The number of hydrogen-bond acceptors (Lipinski definition) is 4. The summed E-state index contributed by atoms with van der Waals surface area (Å²) >= 11 is 0. The summed E-state index contributed by atoms with van der Waals surface area (Å²) in [7, 11) is 1.65. The Bertz CT molecular complexity index is 555. The van der Waals surface area contributed by atoms with Gasteiger partial charge in [0.1, 0.15) is 11.5 Å². The molecule has 5 nitrogen and oxygen atoms in total. The molecule has 0 radical (unpaired) electrons. The molecule has 20 heavy (non-hydrogen) atoms. The van der Waals surface area contributed by atoms with E-state index in [1.54, 1.807) is 55.8 Å². The topological polar surface area (TPSA) is 62.7 Å². The highest BCUT2D eigenvalue weighted by Crippen LogP contribution is 2.20. The van der Waals surface area contributed by atoms with Gasteiger partial charge in [0.05, 0.1) is 12.8 Å². The van der Waals surface area contributed by atoms with Crippen molar-refractivity contribution in [2.75, 3.05) is 20.2 Å². The molecular formula is C15H16N2O3. The zero-order chi connectivity index (χ0) is 14.4. The molecule has 0 spiro atoms. The van der Waals surface area contributed by atoms with Crippen LogP contribution in [-0.2, 0) is 0 Å². The van der Waals surface area contributed by atoms with E-state index in [9.17, 15) is 4.79 Å². The molecule has 0 bridgehead atoms. The van der Waals surface area contributed by atoms with Crippen molar-refractivity contribution in [1.29, 1.82) is 0 Å². The molecule has 0 saturated carbocycles. The van der Waals surface area contributed by atoms with Crippen LogP contribution in [0, 0.1) is 0 Å². The molecule has 0 aliphatic carbocycles. The first-order valence-corrected chi connectivity index (χ1v) is 6.25. The summed E-state index contributed by atoms with van der Waals surface area (Å²) in [6.07, 6.45) is 3.29. The predicted octanol–water partition coefficient (Wildman–Crippen LogP) is 1.94. The fourth-order valence-electron chi connectivity index (χ4n) is 1.68. The fraction of sp³-hybridized carbons (Fsp3) is 0.200. The Morgan fingerprint density at radius 2 is 2.00 bits per heavy atom. The lowest BCUT2D eigenvalue weighted by atomic mass is 10.2. The number of hydrogen-bond donors (Lipinski definition) is 1. The number of aliphatic hydroxyl groups excluding tert-OH is 1. The summed E-state index contributed by atoms with van der Waals surface area (Å²) in [5.41, 5.74) is 0.555. The number of aromatic nitrogens is 1. The second kappa shape index (κ2) is 6.68. The van der Waals surface area contributed by atoms with Crippen molar-refractivity contribution in [2.45, 2.75) is 0 Å². The number of carbonyl (C=O) groups excluding carboxylic acids is 1. The number of rotatable bonds is 5. The lowest BCUT2D eigenvalue weighted by molar-refractivity contribution is 0.0767. The predicted molar refractivity (Wildman–Crippen MR) is 74.8 cm³/mol. The van der Waals surface area contributed by atoms with Gasteiger partial charge in [-0.15, -0.1) is 0 Å². The number of likely N-dealkylation sites (N-methyl/N-ethyl adjacent to an activating group) is 1. The summed E-state index contributed by atoms with van der Waals surface area (Å²) in [5, 5.41) is 8.82. The summed E-state index contributed by atoms with van der Waals surface area (Å²) in [6, 6.07) is 10.4. The fourth-order valence-corrected chi connectivity index (χ4v) is 1.68. The minimum Gasteiger partial charge on any atom is -0.456 e. The molecule has 0 fully saturated rings. The van der Waals surface area contributed by atoms with Crippen LogP contribution in [0.3, 0.4) is 0 Å². The third-order valence-electron chi connectivity index (χ3n) is 2.75. The first kappa shape index (κ1) is 14.0. The van der Waals surface area contributed by atoms with Crippen molar-refractivity contribution in [2.24, 2.45) is 0 Å². The molecule has 0 atom stereocenters. The smallest absolute Gasteiger partial charge is 0.253 e. The van der Waals surface area contributed by atoms with Crippen molar-refractivity contribution in [3.05, 3.63) is 54.4 Å². The molecule has 1 aromatic heterocycles. The third kappa shape index (κ3) is 3.55. The summed E-state index contributed by atoms with van der Waals surface area (Å²) in [6.45, 7) is 0.261. The molecule has 104 valence electrons. The van der Waals surface area contributed by atoms with Gasteiger partial charge in [0.15, 0.2) is 0 Å². The van der Waals surface area contributed by atoms with E-state index >= 15 is 0 Å². The van der Waals surface area contributed by atoms with Crippen molar-refractivity contribution in [3.8, 4) is 11.5 Å². The summed E-state index contributed by atoms with van der Waals surface area (Å²) in [4.78, 5) is 17.4. The molecule has 2 rings (SSSR count). The molecular weight excluding hydrogens is 256 g/mol. The maximum atomic E-state index is 12.0. The normalized spacial score (nSPS) is 10.1. The molecule has 5 heteroatoms. The van der Waals surface area contributed by atoms with E-state index in [1.165, 1.54) is 4.90 Å². The van der Waals surface area contributed by atoms with E-state index in [1.807, 2.05) is 0 Å². The largest absolute Gasteiger partial charge is 0.456 e. The number of carbonyl (C=O) groups is 1. The van der Waals surface area contributed by atoms with Crippen LogP contribution in [-0.4, -0.2) is 41.1 Å². The Labute approximate surface area is 117 Å². The lowest BCUT2D eigenvalue weighted by Gasteiger charge is -2.15. The van der Waals surface area contributed by atoms with E-state index in [4.69, 9.17) is 9.84 Å². The number of aliphatic hydroxyl groups is 1. The first-order valence-electron chi connectivity index (χ1n) is 6.25. The molecule has 2 aromatic rings. The van der Waals surface area contributed by atoms with Crippen molar-refractivity contribution < 1.29 is 14.6 Å². The van der Waals surface area contributed by atoms with Gasteiger partial charge in [-0.1, -0.05) is 0 Å². The Hall–Kier alpha value is -2.40. The molecule has 1 heterocycles. The number of benzene rings is 1. The second-order valence-corrected chi connectivity index (χ2v) is 4.27. The zero-order valence-corrected chi connectivity index (χ0v) is 11.2. The van der Waals surface area contributed by atoms with Crippen LogP contribution in [0.15, 0.2) is 48.8 Å². The Balaban J connectivity index is 2.05. The van der Waals surface area contributed by atoms with Crippen LogP contribution in [0.5, 0.6) is 11.5 Å². The van der Waals surface area contributed by atoms with Gasteiger partial charge >= 0.3 is 0 Å². The van der Waals surface area contributed by atoms with Crippen LogP contribution in [0.2, 0.25) is 0 Å². The van der Waals surface area contributed by atoms with E-state index in [0.717, 1.165) is 0 Å². The Kier molecular flexibility index (Phi) is 4.68. The van der Waals surface area contributed by atoms with Crippen molar-refractivity contribution >= 4 is 5.91 Å². The maximum Gasteiger partial charge on any atom is 0.253 e. The van der Waals surface area contributed by atoms with Crippen LogP contribution in [0.25, 0.3) is 0 Å². The quantitative estimate of drug-likeness (QED) is 0.903. The van der Waals surface area contributed by atoms with E-state index in [2.05, 4.69) is 4.98 Å². The minimum atomic E-state index is -0.132. The molecule has 0 unspecified atom stereocenters. The van der Waals surface area contributed by atoms with Crippen LogP contribution in [0.4, 0.5) is 0 Å². The Morgan fingerprint density at radius 1 is 1.25 bits per heavy atom.